The number of carbonyl (C=O) groups is 1. The Labute approximate surface area is 163 Å². The van der Waals surface area contributed by atoms with Crippen molar-refractivity contribution in [1.29, 1.82) is 0 Å². The van der Waals surface area contributed by atoms with Gasteiger partial charge in [0.25, 0.3) is 5.91 Å². The molecule has 0 saturated carbocycles. The van der Waals surface area contributed by atoms with Gasteiger partial charge in [0.1, 0.15) is 29.3 Å². The normalized spacial score (nSPS) is 10.3. The number of aromatic nitrogens is 2. The summed E-state index contributed by atoms with van der Waals surface area (Å²) in [6.07, 6.45) is 1.35. The highest BCUT2D eigenvalue weighted by molar-refractivity contribution is 6.04. The number of nitrogens with zero attached hydrogens (tertiary/aromatic N) is 2. The predicted octanol–water partition coefficient (Wildman–Crippen LogP) is 4.11. The molecule has 144 valence electrons. The number of aryl methyl sites for hydroxylation is 2. The van der Waals surface area contributed by atoms with Crippen LogP contribution in [0.15, 0.2) is 48.8 Å². The van der Waals surface area contributed by atoms with Crippen LogP contribution < -0.4 is 20.1 Å². The molecule has 3 aromatic rings. The van der Waals surface area contributed by atoms with Gasteiger partial charge in [0.2, 0.25) is 0 Å². The van der Waals surface area contributed by atoms with Crippen molar-refractivity contribution in [3.8, 4) is 11.5 Å². The Kier molecular flexibility index (Phi) is 5.74. The van der Waals surface area contributed by atoms with Gasteiger partial charge in [0.05, 0.1) is 19.9 Å². The third-order valence-corrected chi connectivity index (χ3v) is 4.05. The van der Waals surface area contributed by atoms with E-state index in [1.54, 1.807) is 31.4 Å². The van der Waals surface area contributed by atoms with E-state index in [0.717, 1.165) is 16.8 Å². The van der Waals surface area contributed by atoms with Crippen molar-refractivity contribution in [3.63, 3.8) is 0 Å². The second-order valence-corrected chi connectivity index (χ2v) is 6.31. The van der Waals surface area contributed by atoms with Crippen molar-refractivity contribution in [2.24, 2.45) is 0 Å². The lowest BCUT2D eigenvalue weighted by Crippen LogP contribution is -2.15. The summed E-state index contributed by atoms with van der Waals surface area (Å²) in [6.45, 7) is 4.05. The Morgan fingerprint density at radius 1 is 0.929 bits per heavy atom. The fraction of sp³-hybridized carbons (Fsp3) is 0.190. The highest BCUT2D eigenvalue weighted by Crippen LogP contribution is 2.29. The van der Waals surface area contributed by atoms with E-state index in [4.69, 9.17) is 9.47 Å². The average Bonchev–Trinajstić information content (AvgIpc) is 2.67. The average molecular weight is 378 g/mol. The fourth-order valence-electron chi connectivity index (χ4n) is 2.84. The molecule has 7 heteroatoms. The van der Waals surface area contributed by atoms with Gasteiger partial charge in [-0.05, 0) is 49.2 Å². The SMILES string of the molecule is COc1ccc(OC)c(NC(=O)c2cc(Nc3cc(C)cc(C)c3)ncn2)c1. The van der Waals surface area contributed by atoms with Crippen molar-refractivity contribution in [2.75, 3.05) is 24.9 Å². The lowest BCUT2D eigenvalue weighted by molar-refractivity contribution is 0.102. The lowest BCUT2D eigenvalue weighted by Gasteiger charge is -2.12. The summed E-state index contributed by atoms with van der Waals surface area (Å²) in [4.78, 5) is 20.9. The molecule has 0 radical (unpaired) electrons. The molecule has 7 nitrogen and oxygen atoms in total. The van der Waals surface area contributed by atoms with Crippen molar-refractivity contribution < 1.29 is 14.3 Å². The van der Waals surface area contributed by atoms with Gasteiger partial charge in [0.15, 0.2) is 0 Å². The Balaban J connectivity index is 1.81. The van der Waals surface area contributed by atoms with Gasteiger partial charge in [0, 0.05) is 17.8 Å². The van der Waals surface area contributed by atoms with E-state index in [-0.39, 0.29) is 11.6 Å². The van der Waals surface area contributed by atoms with Crippen LogP contribution in [-0.2, 0) is 0 Å². The number of rotatable bonds is 6. The zero-order chi connectivity index (χ0) is 20.1. The number of nitrogens with one attached hydrogen (secondary N) is 2. The molecule has 0 aliphatic heterocycles. The van der Waals surface area contributed by atoms with E-state index in [1.165, 1.54) is 13.4 Å². The van der Waals surface area contributed by atoms with E-state index in [9.17, 15) is 4.79 Å². The minimum absolute atomic E-state index is 0.228. The molecular weight excluding hydrogens is 356 g/mol. The van der Waals surface area contributed by atoms with E-state index in [0.29, 0.717) is 23.0 Å². The van der Waals surface area contributed by atoms with Crippen LogP contribution in [0.25, 0.3) is 0 Å². The standard InChI is InChI=1S/C21H22N4O3/c1-13-7-14(2)9-15(8-13)24-20-11-18(22-12-23-20)21(26)25-17-10-16(27-3)5-6-19(17)28-4/h5-12H,1-4H3,(H,25,26)(H,22,23,24). The molecule has 2 N–H and O–H groups in total. The summed E-state index contributed by atoms with van der Waals surface area (Å²) in [5, 5.41) is 6.01. The summed E-state index contributed by atoms with van der Waals surface area (Å²) in [7, 11) is 3.09. The number of methoxy groups -OCH3 is 2. The second-order valence-electron chi connectivity index (χ2n) is 6.31. The third kappa shape index (κ3) is 4.56. The molecule has 0 aliphatic carbocycles. The summed E-state index contributed by atoms with van der Waals surface area (Å²) in [5.74, 6) is 1.29. The van der Waals surface area contributed by atoms with Gasteiger partial charge < -0.3 is 20.1 Å². The Morgan fingerprint density at radius 3 is 2.36 bits per heavy atom. The molecule has 0 atom stereocenters. The number of ether oxygens (including phenoxy) is 2. The highest BCUT2D eigenvalue weighted by atomic mass is 16.5. The number of hydrogen-bond acceptors (Lipinski definition) is 6. The number of benzene rings is 2. The molecule has 28 heavy (non-hydrogen) atoms. The first-order valence-electron chi connectivity index (χ1n) is 8.69. The monoisotopic (exact) mass is 378 g/mol. The zero-order valence-corrected chi connectivity index (χ0v) is 16.2. The minimum atomic E-state index is -0.377. The van der Waals surface area contributed by atoms with Crippen LogP contribution >= 0.6 is 0 Å². The molecule has 0 unspecified atom stereocenters. The van der Waals surface area contributed by atoms with E-state index >= 15 is 0 Å². The molecule has 1 amide bonds. The largest absolute Gasteiger partial charge is 0.497 e. The van der Waals surface area contributed by atoms with Crippen molar-refractivity contribution >= 4 is 23.1 Å². The fourth-order valence-corrected chi connectivity index (χ4v) is 2.84. The predicted molar refractivity (Wildman–Crippen MR) is 109 cm³/mol. The highest BCUT2D eigenvalue weighted by Gasteiger charge is 2.13. The van der Waals surface area contributed by atoms with Crippen molar-refractivity contribution in [3.05, 3.63) is 65.6 Å². The number of hydrogen-bond donors (Lipinski definition) is 2. The van der Waals surface area contributed by atoms with E-state index in [1.807, 2.05) is 26.0 Å². The smallest absolute Gasteiger partial charge is 0.274 e. The molecule has 0 bridgehead atoms. The first-order valence-corrected chi connectivity index (χ1v) is 8.69. The van der Waals surface area contributed by atoms with E-state index in [2.05, 4.69) is 26.7 Å². The van der Waals surface area contributed by atoms with Gasteiger partial charge in [-0.1, -0.05) is 6.07 Å². The molecule has 1 heterocycles. The summed E-state index contributed by atoms with van der Waals surface area (Å²) in [6, 6.07) is 12.9. The molecule has 1 aromatic heterocycles. The number of anilines is 3. The maximum absolute atomic E-state index is 12.7. The minimum Gasteiger partial charge on any atom is -0.497 e. The van der Waals surface area contributed by atoms with Crippen LogP contribution in [0, 0.1) is 13.8 Å². The van der Waals surface area contributed by atoms with Crippen LogP contribution in [0.4, 0.5) is 17.2 Å². The Morgan fingerprint density at radius 2 is 1.68 bits per heavy atom. The molecule has 2 aromatic carbocycles. The molecular formula is C21H22N4O3. The molecule has 0 fully saturated rings. The first kappa shape index (κ1) is 19.2. The van der Waals surface area contributed by atoms with Crippen LogP contribution in [0.1, 0.15) is 21.6 Å². The van der Waals surface area contributed by atoms with Gasteiger partial charge in [-0.2, -0.15) is 0 Å². The quantitative estimate of drug-likeness (QED) is 0.671. The van der Waals surface area contributed by atoms with Crippen LogP contribution in [-0.4, -0.2) is 30.1 Å². The van der Waals surface area contributed by atoms with Crippen molar-refractivity contribution in [1.82, 2.24) is 9.97 Å². The Bertz CT molecular complexity index is 984. The van der Waals surface area contributed by atoms with Crippen LogP contribution in [0.5, 0.6) is 11.5 Å². The Hall–Kier alpha value is -3.61. The van der Waals surface area contributed by atoms with Gasteiger partial charge in [-0.15, -0.1) is 0 Å². The van der Waals surface area contributed by atoms with Crippen LogP contribution in [0.3, 0.4) is 0 Å². The maximum atomic E-state index is 12.7. The summed E-state index contributed by atoms with van der Waals surface area (Å²) < 4.78 is 10.5. The zero-order valence-electron chi connectivity index (χ0n) is 16.2. The van der Waals surface area contributed by atoms with Crippen LogP contribution in [0.2, 0.25) is 0 Å². The van der Waals surface area contributed by atoms with Gasteiger partial charge in [-0.3, -0.25) is 4.79 Å². The van der Waals surface area contributed by atoms with E-state index < -0.39 is 0 Å². The first-order chi connectivity index (χ1) is 13.5. The molecule has 0 saturated heterocycles. The molecule has 0 aliphatic rings. The number of carbonyl (C=O) groups excluding carboxylic acids is 1. The van der Waals surface area contributed by atoms with Gasteiger partial charge in [-0.25, -0.2) is 9.97 Å². The maximum Gasteiger partial charge on any atom is 0.274 e. The molecule has 0 spiro atoms. The summed E-state index contributed by atoms with van der Waals surface area (Å²) >= 11 is 0. The van der Waals surface area contributed by atoms with Crippen molar-refractivity contribution in [2.45, 2.75) is 13.8 Å². The topological polar surface area (TPSA) is 85.4 Å². The third-order valence-electron chi connectivity index (χ3n) is 4.05. The summed E-state index contributed by atoms with van der Waals surface area (Å²) in [5.41, 5.74) is 3.90. The number of amides is 1. The lowest BCUT2D eigenvalue weighted by atomic mass is 10.1. The second kappa shape index (κ2) is 8.39. The molecule has 3 rings (SSSR count). The van der Waals surface area contributed by atoms with Gasteiger partial charge >= 0.3 is 0 Å².